The fourth-order valence-corrected chi connectivity index (χ4v) is 2.77. The summed E-state index contributed by atoms with van der Waals surface area (Å²) in [5.41, 5.74) is 1.92. The normalized spacial score (nSPS) is 11.5. The lowest BCUT2D eigenvalue weighted by molar-refractivity contribution is -0.146. The Morgan fingerprint density at radius 2 is 1.83 bits per heavy atom. The van der Waals surface area contributed by atoms with E-state index in [0.29, 0.717) is 22.8 Å². The summed E-state index contributed by atoms with van der Waals surface area (Å²) in [7, 11) is 1.58. The molecule has 150 valence electrons. The quantitative estimate of drug-likeness (QED) is 0.587. The molecule has 7 nitrogen and oxygen atoms in total. The Labute approximate surface area is 168 Å². The van der Waals surface area contributed by atoms with Crippen molar-refractivity contribution in [3.63, 3.8) is 0 Å². The monoisotopic (exact) mass is 394 g/mol. The van der Waals surface area contributed by atoms with Gasteiger partial charge in [0.1, 0.15) is 11.4 Å². The maximum absolute atomic E-state index is 12.1. The van der Waals surface area contributed by atoms with Crippen LogP contribution in [-0.4, -0.2) is 30.2 Å². The predicted octanol–water partition coefficient (Wildman–Crippen LogP) is 3.60. The standard InChI is InChI=1S/C22H22N2O5/c1-15(23-22(26)16-8-4-3-5-9-16)12-21(25)28-14-17-13-19(24-29-17)18-10-6-7-11-20(18)27-2/h3-11,13,15H,12,14H2,1-2H3,(H,23,26). The number of ether oxygens (including phenoxy) is 2. The van der Waals surface area contributed by atoms with E-state index in [1.54, 1.807) is 44.4 Å². The molecule has 0 aliphatic carbocycles. The van der Waals surface area contributed by atoms with Crippen LogP contribution in [0.2, 0.25) is 0 Å². The zero-order valence-corrected chi connectivity index (χ0v) is 16.3. The minimum Gasteiger partial charge on any atom is -0.496 e. The molecule has 0 bridgehead atoms. The molecule has 1 heterocycles. The molecular weight excluding hydrogens is 372 g/mol. The van der Waals surface area contributed by atoms with Gasteiger partial charge in [-0.2, -0.15) is 0 Å². The Bertz CT molecular complexity index is 968. The molecule has 1 aromatic heterocycles. The van der Waals surface area contributed by atoms with Crippen molar-refractivity contribution in [1.82, 2.24) is 10.5 Å². The highest BCUT2D eigenvalue weighted by atomic mass is 16.5. The molecule has 2 aromatic carbocycles. The van der Waals surface area contributed by atoms with Gasteiger partial charge in [-0.25, -0.2) is 0 Å². The third-order valence-electron chi connectivity index (χ3n) is 4.20. The molecule has 0 fully saturated rings. The molecule has 3 aromatic rings. The summed E-state index contributed by atoms with van der Waals surface area (Å²) in [6.45, 7) is 1.71. The number of esters is 1. The van der Waals surface area contributed by atoms with Crippen molar-refractivity contribution in [2.75, 3.05) is 7.11 Å². The van der Waals surface area contributed by atoms with E-state index in [9.17, 15) is 9.59 Å². The van der Waals surface area contributed by atoms with Crippen LogP contribution in [0, 0.1) is 0 Å². The second-order valence-electron chi connectivity index (χ2n) is 6.48. The average Bonchev–Trinajstić information content (AvgIpc) is 3.21. The summed E-state index contributed by atoms with van der Waals surface area (Å²) in [4.78, 5) is 24.2. The number of amides is 1. The number of carbonyl (C=O) groups excluding carboxylic acids is 2. The van der Waals surface area contributed by atoms with Gasteiger partial charge in [-0.05, 0) is 31.2 Å². The van der Waals surface area contributed by atoms with Crippen LogP contribution in [0.3, 0.4) is 0 Å². The van der Waals surface area contributed by atoms with E-state index in [1.807, 2.05) is 30.3 Å². The Morgan fingerprint density at radius 1 is 1.10 bits per heavy atom. The van der Waals surface area contributed by atoms with Crippen molar-refractivity contribution in [3.8, 4) is 17.0 Å². The third kappa shape index (κ3) is 5.44. The Kier molecular flexibility index (Phi) is 6.63. The van der Waals surface area contributed by atoms with Crippen LogP contribution in [0.15, 0.2) is 65.2 Å². The smallest absolute Gasteiger partial charge is 0.308 e. The van der Waals surface area contributed by atoms with Crippen molar-refractivity contribution in [2.24, 2.45) is 0 Å². The number of rotatable bonds is 8. The Morgan fingerprint density at radius 3 is 2.59 bits per heavy atom. The lowest BCUT2D eigenvalue weighted by atomic mass is 10.1. The lowest BCUT2D eigenvalue weighted by Gasteiger charge is -2.13. The largest absolute Gasteiger partial charge is 0.496 e. The lowest BCUT2D eigenvalue weighted by Crippen LogP contribution is -2.34. The maximum Gasteiger partial charge on any atom is 0.308 e. The average molecular weight is 394 g/mol. The Hall–Kier alpha value is -3.61. The summed E-state index contributed by atoms with van der Waals surface area (Å²) in [5.74, 6) is 0.413. The topological polar surface area (TPSA) is 90.7 Å². The number of methoxy groups -OCH3 is 1. The minimum absolute atomic E-state index is 0.0413. The van der Waals surface area contributed by atoms with Gasteiger partial charge in [-0.3, -0.25) is 9.59 Å². The molecule has 0 saturated heterocycles. The molecule has 1 amide bonds. The first-order valence-corrected chi connectivity index (χ1v) is 9.17. The maximum atomic E-state index is 12.1. The van der Waals surface area contributed by atoms with Gasteiger partial charge in [0.2, 0.25) is 0 Å². The molecule has 0 radical (unpaired) electrons. The summed E-state index contributed by atoms with van der Waals surface area (Å²) in [6, 6.07) is 17.6. The Balaban J connectivity index is 1.49. The third-order valence-corrected chi connectivity index (χ3v) is 4.20. The molecule has 3 rings (SSSR count). The number of hydrogen-bond acceptors (Lipinski definition) is 6. The number of hydrogen-bond donors (Lipinski definition) is 1. The van der Waals surface area contributed by atoms with E-state index in [4.69, 9.17) is 14.0 Å². The van der Waals surface area contributed by atoms with E-state index in [-0.39, 0.29) is 25.0 Å². The molecule has 29 heavy (non-hydrogen) atoms. The van der Waals surface area contributed by atoms with E-state index < -0.39 is 5.97 Å². The molecule has 0 aliphatic heterocycles. The fourth-order valence-electron chi connectivity index (χ4n) is 2.77. The van der Waals surface area contributed by atoms with Gasteiger partial charge >= 0.3 is 5.97 Å². The zero-order chi connectivity index (χ0) is 20.6. The van der Waals surface area contributed by atoms with E-state index >= 15 is 0 Å². The SMILES string of the molecule is COc1ccccc1-c1cc(COC(=O)CC(C)NC(=O)c2ccccc2)on1. The van der Waals surface area contributed by atoms with Crippen LogP contribution in [0.25, 0.3) is 11.3 Å². The van der Waals surface area contributed by atoms with Gasteiger partial charge in [0.25, 0.3) is 5.91 Å². The number of nitrogens with one attached hydrogen (secondary N) is 1. The molecule has 1 atom stereocenters. The van der Waals surface area contributed by atoms with Crippen LogP contribution in [0.5, 0.6) is 5.75 Å². The van der Waals surface area contributed by atoms with Crippen molar-refractivity contribution in [2.45, 2.75) is 26.0 Å². The summed E-state index contributed by atoms with van der Waals surface area (Å²) in [6.07, 6.45) is 0.0477. The minimum atomic E-state index is -0.443. The number of aromatic nitrogens is 1. The number of benzene rings is 2. The first kappa shape index (κ1) is 20.1. The van der Waals surface area contributed by atoms with Crippen LogP contribution in [-0.2, 0) is 16.1 Å². The van der Waals surface area contributed by atoms with Gasteiger partial charge < -0.3 is 19.3 Å². The molecule has 1 N–H and O–H groups in total. The number of para-hydroxylation sites is 1. The highest BCUT2D eigenvalue weighted by molar-refractivity contribution is 5.94. The zero-order valence-electron chi connectivity index (χ0n) is 16.3. The summed E-state index contributed by atoms with van der Waals surface area (Å²) >= 11 is 0. The van der Waals surface area contributed by atoms with Crippen molar-refractivity contribution in [3.05, 3.63) is 72.0 Å². The molecule has 7 heteroatoms. The van der Waals surface area contributed by atoms with Gasteiger partial charge in [-0.15, -0.1) is 0 Å². The molecular formula is C22H22N2O5. The summed E-state index contributed by atoms with van der Waals surface area (Å²) in [5, 5.41) is 6.78. The molecule has 0 spiro atoms. The number of nitrogens with zero attached hydrogens (tertiary/aromatic N) is 1. The second-order valence-corrected chi connectivity index (χ2v) is 6.48. The molecule has 0 aliphatic rings. The van der Waals surface area contributed by atoms with Crippen LogP contribution in [0.4, 0.5) is 0 Å². The van der Waals surface area contributed by atoms with E-state index in [2.05, 4.69) is 10.5 Å². The predicted molar refractivity (Wildman–Crippen MR) is 106 cm³/mol. The van der Waals surface area contributed by atoms with Crippen molar-refractivity contribution in [1.29, 1.82) is 0 Å². The van der Waals surface area contributed by atoms with E-state index in [0.717, 1.165) is 5.56 Å². The van der Waals surface area contributed by atoms with Gasteiger partial charge in [0.15, 0.2) is 12.4 Å². The first-order chi connectivity index (χ1) is 14.1. The van der Waals surface area contributed by atoms with Crippen molar-refractivity contribution < 1.29 is 23.6 Å². The highest BCUT2D eigenvalue weighted by Gasteiger charge is 2.16. The van der Waals surface area contributed by atoms with Crippen molar-refractivity contribution >= 4 is 11.9 Å². The van der Waals surface area contributed by atoms with E-state index in [1.165, 1.54) is 0 Å². The second kappa shape index (κ2) is 9.54. The first-order valence-electron chi connectivity index (χ1n) is 9.17. The highest BCUT2D eigenvalue weighted by Crippen LogP contribution is 2.29. The summed E-state index contributed by atoms with van der Waals surface area (Å²) < 4.78 is 15.8. The van der Waals surface area contributed by atoms with Crippen LogP contribution < -0.4 is 10.1 Å². The van der Waals surface area contributed by atoms with Crippen LogP contribution >= 0.6 is 0 Å². The fraction of sp³-hybridized carbons (Fsp3) is 0.227. The van der Waals surface area contributed by atoms with Crippen LogP contribution in [0.1, 0.15) is 29.5 Å². The van der Waals surface area contributed by atoms with Gasteiger partial charge in [-0.1, -0.05) is 35.5 Å². The van der Waals surface area contributed by atoms with Gasteiger partial charge in [0, 0.05) is 23.2 Å². The number of carbonyl (C=O) groups is 2. The van der Waals surface area contributed by atoms with Gasteiger partial charge in [0.05, 0.1) is 13.5 Å². The molecule has 0 saturated carbocycles. The molecule has 1 unspecified atom stereocenters.